The molecule has 5 heteroatoms. The van der Waals surface area contributed by atoms with Crippen molar-refractivity contribution in [3.05, 3.63) is 101 Å². The Bertz CT molecular complexity index is 1130. The summed E-state index contributed by atoms with van der Waals surface area (Å²) in [6.45, 7) is 6.56. The van der Waals surface area contributed by atoms with Gasteiger partial charge in [0.1, 0.15) is 5.75 Å². The molecule has 2 amide bonds. The molecule has 3 aromatic carbocycles. The Morgan fingerprint density at radius 2 is 1.79 bits per heavy atom. The molecule has 1 N–H and O–H groups in total. The number of carbonyl (C=O) groups excluding carboxylic acids is 2. The summed E-state index contributed by atoms with van der Waals surface area (Å²) in [5.41, 5.74) is 5.54. The van der Waals surface area contributed by atoms with Crippen LogP contribution in [0.25, 0.3) is 0 Å². The van der Waals surface area contributed by atoms with E-state index >= 15 is 0 Å². The minimum atomic E-state index is -0.642. The van der Waals surface area contributed by atoms with Crippen LogP contribution in [0.1, 0.15) is 47.7 Å². The molecule has 0 unspecified atom stereocenters. The number of ether oxygens (including phenoxy) is 1. The number of nitrogens with zero attached hydrogens (tertiary/aromatic N) is 1. The van der Waals surface area contributed by atoms with E-state index in [-0.39, 0.29) is 17.9 Å². The predicted octanol–water partition coefficient (Wildman–Crippen LogP) is 4.57. The van der Waals surface area contributed by atoms with Crippen LogP contribution < -0.4 is 10.1 Å². The van der Waals surface area contributed by atoms with Gasteiger partial charge in [0.25, 0.3) is 5.91 Å². The van der Waals surface area contributed by atoms with Gasteiger partial charge in [-0.25, -0.2) is 0 Å². The van der Waals surface area contributed by atoms with Gasteiger partial charge in [-0.1, -0.05) is 66.2 Å². The highest BCUT2D eigenvalue weighted by molar-refractivity contribution is 5.80. The molecule has 0 saturated heterocycles. The van der Waals surface area contributed by atoms with Crippen LogP contribution in [0.2, 0.25) is 0 Å². The maximum Gasteiger partial charge on any atom is 0.261 e. The summed E-state index contributed by atoms with van der Waals surface area (Å²) in [6, 6.07) is 23.9. The van der Waals surface area contributed by atoms with Gasteiger partial charge in [-0.15, -0.1) is 0 Å². The van der Waals surface area contributed by atoms with E-state index in [2.05, 4.69) is 42.6 Å². The fourth-order valence-corrected chi connectivity index (χ4v) is 4.30. The van der Waals surface area contributed by atoms with E-state index in [0.29, 0.717) is 18.8 Å². The Morgan fingerprint density at radius 1 is 1.06 bits per heavy atom. The van der Waals surface area contributed by atoms with E-state index in [0.717, 1.165) is 23.1 Å². The fraction of sp³-hybridized carbons (Fsp3) is 0.286. The third-order valence-electron chi connectivity index (χ3n) is 6.13. The highest BCUT2D eigenvalue weighted by Gasteiger charge is 2.31. The van der Waals surface area contributed by atoms with E-state index < -0.39 is 6.10 Å². The topological polar surface area (TPSA) is 58.6 Å². The second kappa shape index (κ2) is 9.90. The van der Waals surface area contributed by atoms with Crippen molar-refractivity contribution < 1.29 is 14.3 Å². The third-order valence-corrected chi connectivity index (χ3v) is 6.13. The average Bonchev–Trinajstić information content (AvgIpc) is 2.83. The summed E-state index contributed by atoms with van der Waals surface area (Å²) in [5, 5.41) is 2.93. The average molecular weight is 443 g/mol. The van der Waals surface area contributed by atoms with Gasteiger partial charge >= 0.3 is 0 Å². The molecule has 1 heterocycles. The molecule has 1 aliphatic heterocycles. The zero-order valence-corrected chi connectivity index (χ0v) is 19.4. The van der Waals surface area contributed by atoms with E-state index in [1.165, 1.54) is 11.1 Å². The first-order valence-corrected chi connectivity index (χ1v) is 11.4. The minimum Gasteiger partial charge on any atom is -0.481 e. The lowest BCUT2D eigenvalue weighted by Gasteiger charge is -2.37. The number of benzene rings is 3. The van der Waals surface area contributed by atoms with Gasteiger partial charge in [-0.3, -0.25) is 9.59 Å². The standard InChI is InChI=1S/C28H30N2O3/c1-19-9-11-24(12-10-19)27-26-17-25(14-13-23(26)15-16-30(27)21(3)31)33-20(2)28(32)29-18-22-7-5-4-6-8-22/h4-14,17,20,27H,15-16,18H2,1-3H3,(H,29,32)/t20-,27-/m0/s1. The summed E-state index contributed by atoms with van der Waals surface area (Å²) < 4.78 is 6.01. The molecule has 33 heavy (non-hydrogen) atoms. The Morgan fingerprint density at radius 3 is 2.48 bits per heavy atom. The second-order valence-electron chi connectivity index (χ2n) is 8.60. The minimum absolute atomic E-state index is 0.0474. The lowest BCUT2D eigenvalue weighted by molar-refractivity contribution is -0.131. The predicted molar refractivity (Wildman–Crippen MR) is 129 cm³/mol. The molecular formula is C28H30N2O3. The number of rotatable bonds is 6. The van der Waals surface area contributed by atoms with Crippen molar-refractivity contribution >= 4 is 11.8 Å². The quantitative estimate of drug-likeness (QED) is 0.608. The number of hydrogen-bond donors (Lipinski definition) is 1. The molecule has 0 radical (unpaired) electrons. The summed E-state index contributed by atoms with van der Waals surface area (Å²) >= 11 is 0. The summed E-state index contributed by atoms with van der Waals surface area (Å²) in [5.74, 6) is 0.502. The van der Waals surface area contributed by atoms with Crippen LogP contribution in [0, 0.1) is 6.92 Å². The van der Waals surface area contributed by atoms with Gasteiger partial charge in [-0.05, 0) is 54.7 Å². The van der Waals surface area contributed by atoms with Gasteiger partial charge in [-0.2, -0.15) is 0 Å². The highest BCUT2D eigenvalue weighted by Crippen LogP contribution is 2.37. The molecule has 0 saturated carbocycles. The smallest absolute Gasteiger partial charge is 0.261 e. The van der Waals surface area contributed by atoms with E-state index in [9.17, 15) is 9.59 Å². The van der Waals surface area contributed by atoms with Gasteiger partial charge in [0.2, 0.25) is 5.91 Å². The molecule has 0 aliphatic carbocycles. The van der Waals surface area contributed by atoms with Gasteiger partial charge < -0.3 is 15.0 Å². The zero-order chi connectivity index (χ0) is 23.4. The van der Waals surface area contributed by atoms with E-state index in [1.807, 2.05) is 47.4 Å². The number of nitrogens with one attached hydrogen (secondary N) is 1. The number of amides is 2. The number of fused-ring (bicyclic) bond motifs is 1. The molecule has 0 aromatic heterocycles. The van der Waals surface area contributed by atoms with Crippen LogP contribution in [0.5, 0.6) is 5.75 Å². The number of aryl methyl sites for hydroxylation is 1. The molecule has 170 valence electrons. The van der Waals surface area contributed by atoms with Crippen molar-refractivity contribution in [2.45, 2.75) is 45.9 Å². The molecule has 0 fully saturated rings. The van der Waals surface area contributed by atoms with Gasteiger partial charge in [0.05, 0.1) is 6.04 Å². The highest BCUT2D eigenvalue weighted by atomic mass is 16.5. The van der Waals surface area contributed by atoms with Crippen LogP contribution in [-0.2, 0) is 22.6 Å². The first-order valence-electron chi connectivity index (χ1n) is 11.4. The lowest BCUT2D eigenvalue weighted by Crippen LogP contribution is -2.39. The molecule has 2 atom stereocenters. The van der Waals surface area contributed by atoms with Crippen LogP contribution in [0.15, 0.2) is 72.8 Å². The summed E-state index contributed by atoms with van der Waals surface area (Å²) in [7, 11) is 0. The van der Waals surface area contributed by atoms with Crippen molar-refractivity contribution in [1.82, 2.24) is 10.2 Å². The summed E-state index contributed by atoms with van der Waals surface area (Å²) in [6.07, 6.45) is 0.155. The third kappa shape index (κ3) is 5.25. The van der Waals surface area contributed by atoms with Gasteiger partial charge in [0.15, 0.2) is 6.10 Å². The molecule has 4 rings (SSSR count). The first-order chi connectivity index (χ1) is 15.9. The Labute approximate surface area is 195 Å². The maximum absolute atomic E-state index is 12.6. The van der Waals surface area contributed by atoms with Crippen LogP contribution in [0.4, 0.5) is 0 Å². The van der Waals surface area contributed by atoms with Crippen LogP contribution in [-0.4, -0.2) is 29.4 Å². The largest absolute Gasteiger partial charge is 0.481 e. The molecule has 0 spiro atoms. The SMILES string of the molecule is CC(=O)N1CCc2ccc(O[C@@H](C)C(=O)NCc3ccccc3)cc2[C@@H]1c1ccc(C)cc1. The molecular weight excluding hydrogens is 412 g/mol. The van der Waals surface area contributed by atoms with Gasteiger partial charge in [0, 0.05) is 20.0 Å². The maximum atomic E-state index is 12.6. The molecule has 5 nitrogen and oxygen atoms in total. The van der Waals surface area contributed by atoms with E-state index in [4.69, 9.17) is 4.74 Å². The van der Waals surface area contributed by atoms with Crippen molar-refractivity contribution in [2.24, 2.45) is 0 Å². The number of carbonyl (C=O) groups is 2. The molecule has 3 aromatic rings. The van der Waals surface area contributed by atoms with Crippen molar-refractivity contribution in [1.29, 1.82) is 0 Å². The number of hydrogen-bond acceptors (Lipinski definition) is 3. The molecule has 1 aliphatic rings. The van der Waals surface area contributed by atoms with Crippen LogP contribution in [0.3, 0.4) is 0 Å². The second-order valence-corrected chi connectivity index (χ2v) is 8.60. The molecule has 0 bridgehead atoms. The normalized spacial score (nSPS) is 16.0. The Kier molecular flexibility index (Phi) is 6.78. The van der Waals surface area contributed by atoms with Crippen molar-refractivity contribution in [2.75, 3.05) is 6.54 Å². The van der Waals surface area contributed by atoms with E-state index in [1.54, 1.807) is 13.8 Å². The van der Waals surface area contributed by atoms with Crippen LogP contribution >= 0.6 is 0 Å². The monoisotopic (exact) mass is 442 g/mol. The fourth-order valence-electron chi connectivity index (χ4n) is 4.30. The lowest BCUT2D eigenvalue weighted by atomic mass is 9.87. The van der Waals surface area contributed by atoms with Crippen molar-refractivity contribution in [3.63, 3.8) is 0 Å². The summed E-state index contributed by atoms with van der Waals surface area (Å²) in [4.78, 5) is 26.9. The Hall–Kier alpha value is -3.60. The zero-order valence-electron chi connectivity index (χ0n) is 19.4. The first kappa shape index (κ1) is 22.6. The Balaban J connectivity index is 1.54. The van der Waals surface area contributed by atoms with Crippen molar-refractivity contribution in [3.8, 4) is 5.75 Å².